The number of fused-ring (bicyclic) bond motifs is 1. The summed E-state index contributed by atoms with van der Waals surface area (Å²) in [6, 6.07) is 9.02. The first-order valence-electron chi connectivity index (χ1n) is 11.2. The first-order chi connectivity index (χ1) is 15.0. The number of ether oxygens (including phenoxy) is 1. The van der Waals surface area contributed by atoms with E-state index in [0.717, 1.165) is 48.3 Å². The van der Waals surface area contributed by atoms with Gasteiger partial charge < -0.3 is 15.0 Å². The predicted octanol–water partition coefficient (Wildman–Crippen LogP) is 3.80. The van der Waals surface area contributed by atoms with E-state index in [-0.39, 0.29) is 17.9 Å². The van der Waals surface area contributed by atoms with Crippen LogP contribution in [0.3, 0.4) is 0 Å². The average molecular weight is 422 g/mol. The van der Waals surface area contributed by atoms with Gasteiger partial charge in [0.15, 0.2) is 0 Å². The Balaban J connectivity index is 1.53. The highest BCUT2D eigenvalue weighted by molar-refractivity contribution is 5.98. The van der Waals surface area contributed by atoms with E-state index in [9.17, 15) is 9.59 Å². The van der Waals surface area contributed by atoms with Crippen molar-refractivity contribution in [2.45, 2.75) is 64.6 Å². The lowest BCUT2D eigenvalue weighted by molar-refractivity contribution is -0.125. The second kappa shape index (κ2) is 9.08. The Kier molecular flexibility index (Phi) is 6.25. The van der Waals surface area contributed by atoms with Crippen LogP contribution in [0, 0.1) is 19.8 Å². The molecule has 0 radical (unpaired) electrons. The summed E-state index contributed by atoms with van der Waals surface area (Å²) < 4.78 is 5.48. The molecule has 2 aromatic rings. The number of nitrogens with one attached hydrogen (secondary N) is 1. The van der Waals surface area contributed by atoms with Crippen LogP contribution in [0.1, 0.15) is 59.3 Å². The molecule has 4 rings (SSSR count). The lowest BCUT2D eigenvalue weighted by Crippen LogP contribution is -2.49. The van der Waals surface area contributed by atoms with Gasteiger partial charge in [0, 0.05) is 28.9 Å². The highest BCUT2D eigenvalue weighted by Gasteiger charge is 2.47. The molecule has 1 aromatic carbocycles. The van der Waals surface area contributed by atoms with Crippen LogP contribution in [-0.4, -0.2) is 40.9 Å². The van der Waals surface area contributed by atoms with E-state index in [1.807, 2.05) is 49.1 Å². The molecule has 0 spiro atoms. The minimum absolute atomic E-state index is 0.0403. The summed E-state index contributed by atoms with van der Waals surface area (Å²) >= 11 is 0. The zero-order chi connectivity index (χ0) is 22.0. The number of nitrogens with zero attached hydrogens (tertiary/aromatic N) is 2. The lowest BCUT2D eigenvalue weighted by atomic mass is 9.84. The number of benzene rings is 1. The predicted molar refractivity (Wildman–Crippen MR) is 119 cm³/mol. The minimum Gasteiger partial charge on any atom is -0.496 e. The van der Waals surface area contributed by atoms with Crippen molar-refractivity contribution in [1.82, 2.24) is 15.2 Å². The lowest BCUT2D eigenvalue weighted by Gasteiger charge is -2.33. The van der Waals surface area contributed by atoms with Crippen LogP contribution in [0.15, 0.2) is 36.5 Å². The average Bonchev–Trinajstić information content (AvgIpc) is 3.18. The van der Waals surface area contributed by atoms with E-state index in [4.69, 9.17) is 4.74 Å². The molecule has 6 heteroatoms. The molecule has 2 amide bonds. The van der Waals surface area contributed by atoms with E-state index in [0.29, 0.717) is 18.0 Å². The number of hydrogen-bond acceptors (Lipinski definition) is 4. The van der Waals surface area contributed by atoms with Gasteiger partial charge in [-0.3, -0.25) is 14.6 Å². The van der Waals surface area contributed by atoms with Gasteiger partial charge >= 0.3 is 0 Å². The molecule has 1 aliphatic carbocycles. The van der Waals surface area contributed by atoms with Crippen molar-refractivity contribution in [2.24, 2.45) is 5.92 Å². The van der Waals surface area contributed by atoms with Gasteiger partial charge in [-0.25, -0.2) is 0 Å². The number of carbonyl (C=O) groups excluding carboxylic acids is 2. The molecule has 2 aliphatic rings. The van der Waals surface area contributed by atoms with Crippen LogP contribution in [0.25, 0.3) is 0 Å². The molecule has 1 N–H and O–H groups in total. The minimum atomic E-state index is -0.437. The number of amides is 2. The van der Waals surface area contributed by atoms with Crippen LogP contribution in [0.5, 0.6) is 5.75 Å². The summed E-state index contributed by atoms with van der Waals surface area (Å²) in [5, 5.41) is 3.05. The topological polar surface area (TPSA) is 71.5 Å². The number of hydrogen-bond donors (Lipinski definition) is 1. The number of pyridine rings is 1. The Labute approximate surface area is 184 Å². The first kappa shape index (κ1) is 21.3. The van der Waals surface area contributed by atoms with Crippen molar-refractivity contribution in [3.8, 4) is 5.75 Å². The van der Waals surface area contributed by atoms with Crippen molar-refractivity contribution >= 4 is 11.8 Å². The molecule has 1 aliphatic heterocycles. The normalized spacial score (nSPS) is 22.7. The van der Waals surface area contributed by atoms with E-state index in [1.165, 1.54) is 6.42 Å². The molecular weight excluding hydrogens is 390 g/mol. The molecule has 31 heavy (non-hydrogen) atoms. The van der Waals surface area contributed by atoms with E-state index < -0.39 is 6.04 Å². The number of methoxy groups -OCH3 is 1. The second-order valence-electron chi connectivity index (χ2n) is 8.71. The summed E-state index contributed by atoms with van der Waals surface area (Å²) in [4.78, 5) is 33.0. The fraction of sp³-hybridized carbons (Fsp3) is 0.480. The van der Waals surface area contributed by atoms with Crippen LogP contribution >= 0.6 is 0 Å². The number of likely N-dealkylation sites (tertiary alicyclic amines) is 1. The third-order valence-corrected chi connectivity index (χ3v) is 6.83. The summed E-state index contributed by atoms with van der Waals surface area (Å²) in [6.07, 6.45) is 6.85. The Bertz CT molecular complexity index is 960. The maximum atomic E-state index is 13.4. The zero-order valence-electron chi connectivity index (χ0n) is 18.6. The van der Waals surface area contributed by atoms with E-state index in [1.54, 1.807) is 13.3 Å². The van der Waals surface area contributed by atoms with E-state index in [2.05, 4.69) is 10.3 Å². The monoisotopic (exact) mass is 421 g/mol. The first-order valence-corrected chi connectivity index (χ1v) is 11.2. The molecule has 2 fully saturated rings. The SMILES string of the molecule is COc1c(C)cnc(CNC(=O)C2CC3CCCCC3N2C(=O)c2ccccc2)c1C. The van der Waals surface area contributed by atoms with Crippen molar-refractivity contribution in [2.75, 3.05) is 7.11 Å². The van der Waals surface area contributed by atoms with Crippen LogP contribution in [-0.2, 0) is 11.3 Å². The Morgan fingerprint density at radius 3 is 2.65 bits per heavy atom. The van der Waals surface area contributed by atoms with Gasteiger partial charge in [0.05, 0.1) is 19.3 Å². The molecule has 0 bridgehead atoms. The van der Waals surface area contributed by atoms with Gasteiger partial charge in [-0.1, -0.05) is 31.0 Å². The molecule has 2 heterocycles. The quantitative estimate of drug-likeness (QED) is 0.797. The summed E-state index contributed by atoms with van der Waals surface area (Å²) in [5.41, 5.74) is 3.33. The summed E-state index contributed by atoms with van der Waals surface area (Å²) in [5.74, 6) is 1.06. The Hall–Kier alpha value is -2.89. The molecule has 1 aromatic heterocycles. The highest BCUT2D eigenvalue weighted by Crippen LogP contribution is 2.40. The van der Waals surface area contributed by atoms with Gasteiger partial charge in [-0.05, 0) is 51.2 Å². The number of aryl methyl sites for hydroxylation is 1. The van der Waals surface area contributed by atoms with Crippen molar-refractivity contribution in [1.29, 1.82) is 0 Å². The van der Waals surface area contributed by atoms with Crippen molar-refractivity contribution in [3.05, 3.63) is 58.9 Å². The molecule has 6 nitrogen and oxygen atoms in total. The number of rotatable bonds is 5. The smallest absolute Gasteiger partial charge is 0.254 e. The Morgan fingerprint density at radius 2 is 1.90 bits per heavy atom. The fourth-order valence-electron chi connectivity index (χ4n) is 5.25. The Morgan fingerprint density at radius 1 is 1.16 bits per heavy atom. The molecule has 164 valence electrons. The van der Waals surface area contributed by atoms with E-state index >= 15 is 0 Å². The van der Waals surface area contributed by atoms with Crippen LogP contribution in [0.2, 0.25) is 0 Å². The van der Waals surface area contributed by atoms with Gasteiger partial charge in [0.2, 0.25) is 5.91 Å². The fourth-order valence-corrected chi connectivity index (χ4v) is 5.25. The molecule has 3 atom stereocenters. The molecular formula is C25H31N3O3. The van der Waals surface area contributed by atoms with Crippen molar-refractivity contribution < 1.29 is 14.3 Å². The van der Waals surface area contributed by atoms with Crippen LogP contribution < -0.4 is 10.1 Å². The highest BCUT2D eigenvalue weighted by atomic mass is 16.5. The standard InChI is InChI=1S/C25H31N3O3/c1-16-14-26-20(17(2)23(16)31-3)15-27-24(29)22-13-19-11-7-8-12-21(19)28(22)25(30)18-9-5-4-6-10-18/h4-6,9-10,14,19,21-22H,7-8,11-13,15H2,1-3H3,(H,27,29). The summed E-state index contributed by atoms with van der Waals surface area (Å²) in [6.45, 7) is 4.23. The third kappa shape index (κ3) is 4.16. The van der Waals surface area contributed by atoms with Crippen LogP contribution in [0.4, 0.5) is 0 Å². The number of aromatic nitrogens is 1. The summed E-state index contributed by atoms with van der Waals surface area (Å²) in [7, 11) is 1.64. The maximum Gasteiger partial charge on any atom is 0.254 e. The van der Waals surface area contributed by atoms with Gasteiger partial charge in [-0.2, -0.15) is 0 Å². The van der Waals surface area contributed by atoms with Gasteiger partial charge in [0.25, 0.3) is 5.91 Å². The molecule has 1 saturated heterocycles. The number of carbonyl (C=O) groups is 2. The molecule has 3 unspecified atom stereocenters. The maximum absolute atomic E-state index is 13.4. The molecule has 1 saturated carbocycles. The van der Waals surface area contributed by atoms with Gasteiger partial charge in [-0.15, -0.1) is 0 Å². The third-order valence-electron chi connectivity index (χ3n) is 6.83. The van der Waals surface area contributed by atoms with Crippen molar-refractivity contribution in [3.63, 3.8) is 0 Å². The largest absolute Gasteiger partial charge is 0.496 e. The second-order valence-corrected chi connectivity index (χ2v) is 8.71. The van der Waals surface area contributed by atoms with Gasteiger partial charge in [0.1, 0.15) is 11.8 Å². The zero-order valence-corrected chi connectivity index (χ0v) is 18.6.